The van der Waals surface area contributed by atoms with Crippen molar-refractivity contribution in [3.05, 3.63) is 54.9 Å². The molecular formula is C17H14N4O5S. The minimum atomic E-state index is -0.692. The Kier molecular flexibility index (Phi) is 4.19. The number of nitrogens with zero attached hydrogens (tertiary/aromatic N) is 4. The number of hydrogen-bond donors (Lipinski definition) is 0. The van der Waals surface area contributed by atoms with E-state index < -0.39 is 21.2 Å². The fourth-order valence-corrected chi connectivity index (χ4v) is 4.31. The largest absolute Gasteiger partial charge is 0.415 e. The Morgan fingerprint density at radius 2 is 1.74 bits per heavy atom. The summed E-state index contributed by atoms with van der Waals surface area (Å²) in [5.74, 6) is 0.964. The Bertz CT molecular complexity index is 1030. The van der Waals surface area contributed by atoms with Gasteiger partial charge in [0.1, 0.15) is 0 Å². The lowest BCUT2D eigenvalue weighted by atomic mass is 9.90. The summed E-state index contributed by atoms with van der Waals surface area (Å²) in [5.41, 5.74) is 0.628. The molecule has 1 atom stereocenters. The average Bonchev–Trinajstić information content (AvgIpc) is 3.27. The van der Waals surface area contributed by atoms with Crippen molar-refractivity contribution < 1.29 is 14.3 Å². The second-order valence-electron chi connectivity index (χ2n) is 6.57. The normalized spacial score (nSPS) is 16.1. The minimum Gasteiger partial charge on any atom is -0.415 e. The highest BCUT2D eigenvalue weighted by Crippen LogP contribution is 2.38. The van der Waals surface area contributed by atoms with Crippen LogP contribution in [0, 0.1) is 26.1 Å². The lowest BCUT2D eigenvalue weighted by molar-refractivity contribution is -0.394. The Morgan fingerprint density at radius 1 is 1.07 bits per heavy atom. The van der Waals surface area contributed by atoms with Crippen molar-refractivity contribution in [2.75, 3.05) is 0 Å². The maximum Gasteiger partial charge on any atom is 0.277 e. The molecule has 1 aromatic carbocycles. The van der Waals surface area contributed by atoms with Gasteiger partial charge < -0.3 is 4.42 Å². The zero-order valence-electron chi connectivity index (χ0n) is 14.2. The van der Waals surface area contributed by atoms with Crippen molar-refractivity contribution in [3.8, 4) is 22.2 Å². The molecule has 2 heterocycles. The summed E-state index contributed by atoms with van der Waals surface area (Å²) < 4.78 is 5.67. The molecule has 0 fully saturated rings. The highest BCUT2D eigenvalue weighted by molar-refractivity contribution is 7.15. The van der Waals surface area contributed by atoms with Gasteiger partial charge in [0.05, 0.1) is 26.4 Å². The van der Waals surface area contributed by atoms with E-state index in [0.717, 1.165) is 30.2 Å². The molecule has 10 heteroatoms. The molecule has 0 bridgehead atoms. The van der Waals surface area contributed by atoms with Crippen molar-refractivity contribution in [1.29, 1.82) is 0 Å². The number of nitro groups is 2. The zero-order valence-corrected chi connectivity index (χ0v) is 15.1. The van der Waals surface area contributed by atoms with Gasteiger partial charge in [-0.3, -0.25) is 20.2 Å². The third-order valence-electron chi connectivity index (χ3n) is 4.54. The van der Waals surface area contributed by atoms with Crippen molar-refractivity contribution in [3.63, 3.8) is 0 Å². The van der Waals surface area contributed by atoms with E-state index >= 15 is 0 Å². The predicted molar refractivity (Wildman–Crippen MR) is 97.5 cm³/mol. The van der Waals surface area contributed by atoms with E-state index in [1.807, 2.05) is 6.07 Å². The van der Waals surface area contributed by atoms with Gasteiger partial charge in [-0.2, -0.15) is 0 Å². The maximum atomic E-state index is 11.0. The van der Waals surface area contributed by atoms with Crippen LogP contribution in [0.1, 0.15) is 23.8 Å². The van der Waals surface area contributed by atoms with Crippen LogP contribution in [-0.2, 0) is 12.8 Å². The van der Waals surface area contributed by atoms with Crippen molar-refractivity contribution in [1.82, 2.24) is 10.2 Å². The van der Waals surface area contributed by atoms with Gasteiger partial charge in [0.15, 0.2) is 0 Å². The molecule has 4 rings (SSSR count). The monoisotopic (exact) mass is 386 g/mol. The third kappa shape index (κ3) is 3.31. The first kappa shape index (κ1) is 17.3. The van der Waals surface area contributed by atoms with Gasteiger partial charge >= 0.3 is 0 Å². The molecule has 2 aromatic heterocycles. The highest BCUT2D eigenvalue weighted by atomic mass is 32.1. The Balaban J connectivity index is 1.71. The molecule has 0 saturated heterocycles. The van der Waals surface area contributed by atoms with Crippen LogP contribution in [0.4, 0.5) is 11.4 Å². The molecule has 0 radical (unpaired) electrons. The molecule has 0 saturated carbocycles. The fourth-order valence-electron chi connectivity index (χ4n) is 3.18. The molecule has 3 aromatic rings. The van der Waals surface area contributed by atoms with Gasteiger partial charge in [-0.15, -0.1) is 21.5 Å². The highest BCUT2D eigenvalue weighted by Gasteiger charge is 2.23. The molecule has 0 unspecified atom stereocenters. The second-order valence-corrected chi connectivity index (χ2v) is 7.71. The topological polar surface area (TPSA) is 125 Å². The van der Waals surface area contributed by atoms with Crippen molar-refractivity contribution >= 4 is 22.7 Å². The smallest absolute Gasteiger partial charge is 0.277 e. The van der Waals surface area contributed by atoms with E-state index in [9.17, 15) is 20.2 Å². The van der Waals surface area contributed by atoms with Crippen LogP contribution in [0.5, 0.6) is 0 Å². The molecule has 27 heavy (non-hydrogen) atoms. The number of hydrogen-bond acceptors (Lipinski definition) is 8. The molecule has 9 nitrogen and oxygen atoms in total. The number of nitro benzene ring substituents is 2. The zero-order chi connectivity index (χ0) is 19.1. The lowest BCUT2D eigenvalue weighted by Crippen LogP contribution is -2.07. The second kappa shape index (κ2) is 6.54. The number of aryl methyl sites for hydroxylation is 1. The average molecular weight is 386 g/mol. The van der Waals surface area contributed by atoms with Gasteiger partial charge in [-0.1, -0.05) is 6.92 Å². The van der Waals surface area contributed by atoms with Gasteiger partial charge in [-0.25, -0.2) is 0 Å². The summed E-state index contributed by atoms with van der Waals surface area (Å²) in [6.07, 6.45) is 3.20. The van der Waals surface area contributed by atoms with Crippen molar-refractivity contribution in [2.24, 2.45) is 5.92 Å². The molecule has 138 valence electrons. The quantitative estimate of drug-likeness (QED) is 0.480. The molecule has 0 amide bonds. The summed E-state index contributed by atoms with van der Waals surface area (Å²) in [7, 11) is 0. The van der Waals surface area contributed by atoms with Crippen LogP contribution in [-0.4, -0.2) is 20.0 Å². The first-order valence-electron chi connectivity index (χ1n) is 8.30. The molecule has 1 aliphatic carbocycles. The molecule has 1 aliphatic rings. The maximum absolute atomic E-state index is 11.0. The Hall–Kier alpha value is -3.14. The molecule has 0 aliphatic heterocycles. The first-order chi connectivity index (χ1) is 12.9. The third-order valence-corrected chi connectivity index (χ3v) is 5.76. The van der Waals surface area contributed by atoms with Crippen molar-refractivity contribution in [2.45, 2.75) is 26.2 Å². The van der Waals surface area contributed by atoms with Gasteiger partial charge in [0.2, 0.25) is 5.89 Å². The van der Waals surface area contributed by atoms with E-state index in [1.165, 1.54) is 22.6 Å². The molecule has 0 N–H and O–H groups in total. The minimum absolute atomic E-state index is 0.0107. The van der Waals surface area contributed by atoms with Crippen LogP contribution in [0.15, 0.2) is 28.7 Å². The van der Waals surface area contributed by atoms with E-state index in [2.05, 4.69) is 17.1 Å². The number of thiophene rings is 1. The number of benzene rings is 1. The van der Waals surface area contributed by atoms with E-state index in [0.29, 0.717) is 11.8 Å². The van der Waals surface area contributed by atoms with Crippen LogP contribution >= 0.6 is 11.3 Å². The van der Waals surface area contributed by atoms with Crippen LogP contribution in [0.2, 0.25) is 0 Å². The van der Waals surface area contributed by atoms with Gasteiger partial charge in [0, 0.05) is 17.0 Å². The summed E-state index contributed by atoms with van der Waals surface area (Å²) >= 11 is 1.60. The van der Waals surface area contributed by atoms with Gasteiger partial charge in [0.25, 0.3) is 17.3 Å². The summed E-state index contributed by atoms with van der Waals surface area (Å²) in [4.78, 5) is 22.9. The Labute approximate surface area is 157 Å². The van der Waals surface area contributed by atoms with Crippen LogP contribution in [0.3, 0.4) is 0 Å². The molecule has 0 spiro atoms. The molecular weight excluding hydrogens is 372 g/mol. The summed E-state index contributed by atoms with van der Waals surface area (Å²) in [6, 6.07) is 5.31. The fraction of sp³-hybridized carbons (Fsp3) is 0.294. The summed E-state index contributed by atoms with van der Waals surface area (Å²) in [5, 5.41) is 30.0. The van der Waals surface area contributed by atoms with Crippen LogP contribution < -0.4 is 0 Å². The summed E-state index contributed by atoms with van der Waals surface area (Å²) in [6.45, 7) is 2.22. The number of non-ortho nitro benzene ring substituents is 2. The number of rotatable bonds is 4. The number of aromatic nitrogens is 2. The van der Waals surface area contributed by atoms with E-state index in [4.69, 9.17) is 4.42 Å². The van der Waals surface area contributed by atoms with E-state index in [-0.39, 0.29) is 11.5 Å². The number of fused-ring (bicyclic) bond motifs is 1. The lowest BCUT2D eigenvalue weighted by Gasteiger charge is -2.16. The first-order valence-corrected chi connectivity index (χ1v) is 9.12. The van der Waals surface area contributed by atoms with E-state index in [1.54, 1.807) is 11.3 Å². The standard InChI is InChI=1S/C17H14N4O5S/c1-9-2-3-14-10(4-9)7-15(27-14)17-19-18-16(26-17)11-5-12(20(22)23)8-13(6-11)21(24)25/h5-9H,2-4H2,1H3/t9-/m1/s1. The predicted octanol–water partition coefficient (Wildman–Crippen LogP) is 4.41. The Morgan fingerprint density at radius 3 is 2.41 bits per heavy atom. The van der Waals surface area contributed by atoms with Gasteiger partial charge in [-0.05, 0) is 36.8 Å². The van der Waals surface area contributed by atoms with Crippen LogP contribution in [0.25, 0.3) is 22.2 Å². The SMILES string of the molecule is C[C@@H]1CCc2sc(-c3nnc(-c4cc([N+](=O)[O-])cc([N+](=O)[O-])c4)o3)cc2C1.